The minimum absolute atomic E-state index is 0.0614. The SMILES string of the molecule is CCc1nn(C)cc1C(N)COC. The Balaban J connectivity index is 2.84. The van der Waals surface area contributed by atoms with E-state index >= 15 is 0 Å². The smallest absolute Gasteiger partial charge is 0.0670 e. The highest BCUT2D eigenvalue weighted by Crippen LogP contribution is 2.15. The van der Waals surface area contributed by atoms with Gasteiger partial charge in [0.2, 0.25) is 0 Å². The van der Waals surface area contributed by atoms with E-state index < -0.39 is 0 Å². The zero-order chi connectivity index (χ0) is 9.84. The summed E-state index contributed by atoms with van der Waals surface area (Å²) >= 11 is 0. The number of aromatic nitrogens is 2. The van der Waals surface area contributed by atoms with Crippen molar-refractivity contribution in [3.05, 3.63) is 17.5 Å². The van der Waals surface area contributed by atoms with Gasteiger partial charge >= 0.3 is 0 Å². The van der Waals surface area contributed by atoms with Crippen LogP contribution in [0, 0.1) is 0 Å². The summed E-state index contributed by atoms with van der Waals surface area (Å²) in [7, 11) is 3.56. The normalized spacial score (nSPS) is 13.2. The lowest BCUT2D eigenvalue weighted by Crippen LogP contribution is -2.16. The third-order valence-corrected chi connectivity index (χ3v) is 2.02. The largest absolute Gasteiger partial charge is 0.383 e. The molecule has 1 rings (SSSR count). The monoisotopic (exact) mass is 183 g/mol. The quantitative estimate of drug-likeness (QED) is 0.744. The van der Waals surface area contributed by atoms with Crippen molar-refractivity contribution in [2.24, 2.45) is 12.8 Å². The molecule has 4 heteroatoms. The molecule has 1 atom stereocenters. The van der Waals surface area contributed by atoms with Gasteiger partial charge in [-0.1, -0.05) is 6.92 Å². The van der Waals surface area contributed by atoms with Crippen molar-refractivity contribution in [1.29, 1.82) is 0 Å². The molecule has 0 aliphatic rings. The molecule has 2 N–H and O–H groups in total. The first-order chi connectivity index (χ1) is 6.19. The summed E-state index contributed by atoms with van der Waals surface area (Å²) < 4.78 is 6.80. The van der Waals surface area contributed by atoms with Crippen molar-refractivity contribution in [2.45, 2.75) is 19.4 Å². The number of hydrogen-bond acceptors (Lipinski definition) is 3. The van der Waals surface area contributed by atoms with Gasteiger partial charge in [0, 0.05) is 25.9 Å². The molecule has 0 aliphatic carbocycles. The van der Waals surface area contributed by atoms with Gasteiger partial charge in [-0.05, 0) is 6.42 Å². The van der Waals surface area contributed by atoms with Crippen molar-refractivity contribution in [3.8, 4) is 0 Å². The van der Waals surface area contributed by atoms with Gasteiger partial charge in [-0.3, -0.25) is 4.68 Å². The number of nitrogens with two attached hydrogens (primary N) is 1. The summed E-state index contributed by atoms with van der Waals surface area (Å²) in [6.45, 7) is 2.62. The lowest BCUT2D eigenvalue weighted by Gasteiger charge is -2.08. The average molecular weight is 183 g/mol. The summed E-state index contributed by atoms with van der Waals surface area (Å²) in [6, 6.07) is -0.0614. The van der Waals surface area contributed by atoms with E-state index in [9.17, 15) is 0 Å². The molecule has 13 heavy (non-hydrogen) atoms. The fourth-order valence-electron chi connectivity index (χ4n) is 1.41. The van der Waals surface area contributed by atoms with Crippen LogP contribution in [0.25, 0.3) is 0 Å². The average Bonchev–Trinajstić information content (AvgIpc) is 2.47. The van der Waals surface area contributed by atoms with Crippen LogP contribution in [0.1, 0.15) is 24.2 Å². The topological polar surface area (TPSA) is 53.1 Å². The Kier molecular flexibility index (Phi) is 3.45. The molecule has 0 saturated heterocycles. The van der Waals surface area contributed by atoms with Gasteiger partial charge < -0.3 is 10.5 Å². The molecule has 0 amide bonds. The Hall–Kier alpha value is -0.870. The highest BCUT2D eigenvalue weighted by atomic mass is 16.5. The highest BCUT2D eigenvalue weighted by molar-refractivity contribution is 5.21. The second kappa shape index (κ2) is 4.39. The van der Waals surface area contributed by atoms with E-state index in [4.69, 9.17) is 10.5 Å². The summed E-state index contributed by atoms with van der Waals surface area (Å²) in [5.41, 5.74) is 8.07. The molecule has 1 heterocycles. The minimum Gasteiger partial charge on any atom is -0.383 e. The van der Waals surface area contributed by atoms with E-state index in [-0.39, 0.29) is 6.04 Å². The zero-order valence-corrected chi connectivity index (χ0v) is 8.45. The highest BCUT2D eigenvalue weighted by Gasteiger charge is 2.12. The number of aryl methyl sites for hydroxylation is 2. The fourth-order valence-corrected chi connectivity index (χ4v) is 1.41. The van der Waals surface area contributed by atoms with Crippen LogP contribution in [0.15, 0.2) is 6.20 Å². The second-order valence-corrected chi connectivity index (χ2v) is 3.12. The lowest BCUT2D eigenvalue weighted by molar-refractivity contribution is 0.180. The molecule has 1 aromatic heterocycles. The van der Waals surface area contributed by atoms with Gasteiger partial charge in [-0.15, -0.1) is 0 Å². The van der Waals surface area contributed by atoms with E-state index in [0.29, 0.717) is 6.61 Å². The van der Waals surface area contributed by atoms with Gasteiger partial charge in [0.15, 0.2) is 0 Å². The molecule has 0 aromatic carbocycles. The van der Waals surface area contributed by atoms with Crippen LogP contribution >= 0.6 is 0 Å². The van der Waals surface area contributed by atoms with Crippen molar-refractivity contribution < 1.29 is 4.74 Å². The number of nitrogens with zero attached hydrogens (tertiary/aromatic N) is 2. The molecule has 0 fully saturated rings. The van der Waals surface area contributed by atoms with Crippen LogP contribution < -0.4 is 5.73 Å². The van der Waals surface area contributed by atoms with Crippen molar-refractivity contribution in [1.82, 2.24) is 9.78 Å². The van der Waals surface area contributed by atoms with Crippen LogP contribution in [0.2, 0.25) is 0 Å². The van der Waals surface area contributed by atoms with E-state index in [0.717, 1.165) is 17.7 Å². The third kappa shape index (κ3) is 2.29. The lowest BCUT2D eigenvalue weighted by atomic mass is 10.1. The minimum atomic E-state index is -0.0614. The molecule has 0 radical (unpaired) electrons. The predicted molar refractivity (Wildman–Crippen MR) is 51.4 cm³/mol. The first kappa shape index (κ1) is 10.2. The summed E-state index contributed by atoms with van der Waals surface area (Å²) in [5, 5.41) is 4.31. The summed E-state index contributed by atoms with van der Waals surface area (Å²) in [6.07, 6.45) is 2.87. The summed E-state index contributed by atoms with van der Waals surface area (Å²) in [4.78, 5) is 0. The Labute approximate surface area is 78.7 Å². The number of ether oxygens (including phenoxy) is 1. The van der Waals surface area contributed by atoms with Gasteiger partial charge in [-0.25, -0.2) is 0 Å². The maximum absolute atomic E-state index is 5.92. The van der Waals surface area contributed by atoms with Crippen LogP contribution in [-0.2, 0) is 18.2 Å². The van der Waals surface area contributed by atoms with E-state index in [2.05, 4.69) is 12.0 Å². The number of methoxy groups -OCH3 is 1. The molecule has 0 aliphatic heterocycles. The fraction of sp³-hybridized carbons (Fsp3) is 0.667. The van der Waals surface area contributed by atoms with Crippen LogP contribution in [0.3, 0.4) is 0 Å². The standard InChI is InChI=1S/C9H17N3O/c1-4-9-7(5-12(2)11-9)8(10)6-13-3/h5,8H,4,6,10H2,1-3H3. The molecule has 4 nitrogen and oxygen atoms in total. The molecule has 1 aromatic rings. The Morgan fingerprint density at radius 2 is 2.38 bits per heavy atom. The molecule has 1 unspecified atom stereocenters. The number of hydrogen-bond donors (Lipinski definition) is 1. The van der Waals surface area contributed by atoms with Gasteiger partial charge in [0.25, 0.3) is 0 Å². The molecule has 74 valence electrons. The van der Waals surface area contributed by atoms with E-state index in [1.54, 1.807) is 11.8 Å². The molecular formula is C9H17N3O. The van der Waals surface area contributed by atoms with Crippen molar-refractivity contribution in [3.63, 3.8) is 0 Å². The first-order valence-corrected chi connectivity index (χ1v) is 4.46. The predicted octanol–water partition coefficient (Wildman–Crippen LogP) is 0.629. The van der Waals surface area contributed by atoms with Crippen LogP contribution in [0.5, 0.6) is 0 Å². The summed E-state index contributed by atoms with van der Waals surface area (Å²) in [5.74, 6) is 0. The Bertz CT molecular complexity index is 270. The van der Waals surface area contributed by atoms with E-state index in [1.165, 1.54) is 0 Å². The van der Waals surface area contributed by atoms with Crippen molar-refractivity contribution >= 4 is 0 Å². The molecule has 0 saturated carbocycles. The van der Waals surface area contributed by atoms with E-state index in [1.807, 2.05) is 13.2 Å². The van der Waals surface area contributed by atoms with Crippen molar-refractivity contribution in [2.75, 3.05) is 13.7 Å². The van der Waals surface area contributed by atoms with Gasteiger partial charge in [-0.2, -0.15) is 5.10 Å². The van der Waals surface area contributed by atoms with Gasteiger partial charge in [0.1, 0.15) is 0 Å². The molecule has 0 spiro atoms. The Morgan fingerprint density at radius 1 is 1.69 bits per heavy atom. The molecular weight excluding hydrogens is 166 g/mol. The van der Waals surface area contributed by atoms with Crippen LogP contribution in [0.4, 0.5) is 0 Å². The first-order valence-electron chi connectivity index (χ1n) is 4.46. The Morgan fingerprint density at radius 3 is 2.92 bits per heavy atom. The molecule has 0 bridgehead atoms. The second-order valence-electron chi connectivity index (χ2n) is 3.12. The third-order valence-electron chi connectivity index (χ3n) is 2.02. The zero-order valence-electron chi connectivity index (χ0n) is 8.45. The number of rotatable bonds is 4. The van der Waals surface area contributed by atoms with Crippen LogP contribution in [-0.4, -0.2) is 23.5 Å². The maximum Gasteiger partial charge on any atom is 0.0670 e. The van der Waals surface area contributed by atoms with Gasteiger partial charge in [0.05, 0.1) is 18.3 Å². The maximum atomic E-state index is 5.92.